The molecule has 1 aliphatic rings. The topological polar surface area (TPSA) is 32.3 Å². The van der Waals surface area contributed by atoms with Gasteiger partial charge in [-0.05, 0) is 50.6 Å². The lowest BCUT2D eigenvalue weighted by molar-refractivity contribution is -0.116. The van der Waals surface area contributed by atoms with Crippen molar-refractivity contribution in [2.24, 2.45) is 0 Å². The lowest BCUT2D eigenvalue weighted by atomic mass is 10.1. The standard InChI is InChI=1S/C15H21BrN2O.ClH/c1-12-5-6-13(11-14(12)16)17-15(19)7-10-18-8-3-2-4-9-18;/h5-6,11H,2-4,7-10H2,1H3,(H,17,19);1H. The Morgan fingerprint density at radius 3 is 2.65 bits per heavy atom. The Hall–Kier alpha value is -0.580. The molecule has 0 unspecified atom stereocenters. The summed E-state index contributed by atoms with van der Waals surface area (Å²) in [6, 6.07) is 5.90. The maximum Gasteiger partial charge on any atom is 0.225 e. The number of aryl methyl sites for hydroxylation is 1. The maximum absolute atomic E-state index is 11.9. The first-order valence-electron chi connectivity index (χ1n) is 6.93. The Labute approximate surface area is 135 Å². The van der Waals surface area contributed by atoms with Crippen LogP contribution in [-0.4, -0.2) is 30.4 Å². The highest BCUT2D eigenvalue weighted by atomic mass is 79.9. The van der Waals surface area contributed by atoms with Crippen molar-refractivity contribution in [2.75, 3.05) is 25.0 Å². The number of hydrogen-bond donors (Lipinski definition) is 1. The van der Waals surface area contributed by atoms with Crippen LogP contribution in [0.3, 0.4) is 0 Å². The number of nitrogens with zero attached hydrogens (tertiary/aromatic N) is 1. The lowest BCUT2D eigenvalue weighted by Crippen LogP contribution is -2.32. The van der Waals surface area contributed by atoms with Gasteiger partial charge < -0.3 is 10.2 Å². The Bertz CT molecular complexity index is 447. The third-order valence-electron chi connectivity index (χ3n) is 3.56. The first-order chi connectivity index (χ1) is 9.15. The number of carbonyl (C=O) groups excluding carboxylic acids is 1. The van der Waals surface area contributed by atoms with E-state index in [1.54, 1.807) is 0 Å². The molecule has 5 heteroatoms. The first-order valence-corrected chi connectivity index (χ1v) is 7.73. The van der Waals surface area contributed by atoms with Crippen LogP contribution in [-0.2, 0) is 4.79 Å². The Morgan fingerprint density at radius 1 is 1.30 bits per heavy atom. The van der Waals surface area contributed by atoms with Crippen molar-refractivity contribution >= 4 is 39.9 Å². The molecule has 112 valence electrons. The smallest absolute Gasteiger partial charge is 0.225 e. The third-order valence-corrected chi connectivity index (χ3v) is 4.41. The predicted octanol–water partition coefficient (Wildman–Crippen LogP) is 3.99. The number of benzene rings is 1. The monoisotopic (exact) mass is 360 g/mol. The summed E-state index contributed by atoms with van der Waals surface area (Å²) in [6.45, 7) is 5.19. The van der Waals surface area contributed by atoms with Crippen LogP contribution in [0.25, 0.3) is 0 Å². The molecule has 0 atom stereocenters. The quantitative estimate of drug-likeness (QED) is 0.879. The molecular formula is C15H22BrClN2O. The largest absolute Gasteiger partial charge is 0.326 e. The van der Waals surface area contributed by atoms with Crippen LogP contribution < -0.4 is 5.32 Å². The second-order valence-electron chi connectivity index (χ2n) is 5.16. The summed E-state index contributed by atoms with van der Waals surface area (Å²) in [5.41, 5.74) is 2.03. The van der Waals surface area contributed by atoms with Gasteiger partial charge in [-0.25, -0.2) is 0 Å². The highest BCUT2D eigenvalue weighted by molar-refractivity contribution is 9.10. The SMILES string of the molecule is Cc1ccc(NC(=O)CCN2CCCCC2)cc1Br.Cl. The van der Waals surface area contributed by atoms with Gasteiger partial charge in [0.2, 0.25) is 5.91 Å². The van der Waals surface area contributed by atoms with E-state index in [9.17, 15) is 4.79 Å². The van der Waals surface area contributed by atoms with Crippen LogP contribution in [0.4, 0.5) is 5.69 Å². The van der Waals surface area contributed by atoms with E-state index >= 15 is 0 Å². The number of amides is 1. The van der Waals surface area contributed by atoms with E-state index < -0.39 is 0 Å². The van der Waals surface area contributed by atoms with Gasteiger partial charge >= 0.3 is 0 Å². The molecule has 0 saturated carbocycles. The molecule has 3 nitrogen and oxygen atoms in total. The van der Waals surface area contributed by atoms with Crippen LogP contribution >= 0.6 is 28.3 Å². The van der Waals surface area contributed by atoms with Crippen molar-refractivity contribution in [3.63, 3.8) is 0 Å². The van der Waals surface area contributed by atoms with E-state index in [4.69, 9.17) is 0 Å². The second-order valence-corrected chi connectivity index (χ2v) is 6.02. The average molecular weight is 362 g/mol. The summed E-state index contributed by atoms with van der Waals surface area (Å²) < 4.78 is 1.03. The predicted molar refractivity (Wildman–Crippen MR) is 89.7 cm³/mol. The molecule has 1 N–H and O–H groups in total. The van der Waals surface area contributed by atoms with Crippen LogP contribution in [0.2, 0.25) is 0 Å². The van der Waals surface area contributed by atoms with Gasteiger partial charge in [-0.3, -0.25) is 4.79 Å². The highest BCUT2D eigenvalue weighted by Crippen LogP contribution is 2.20. The molecule has 1 fully saturated rings. The molecule has 1 amide bonds. The van der Waals surface area contributed by atoms with Gasteiger partial charge in [-0.2, -0.15) is 0 Å². The highest BCUT2D eigenvalue weighted by Gasteiger charge is 2.11. The fraction of sp³-hybridized carbons (Fsp3) is 0.533. The summed E-state index contributed by atoms with van der Waals surface area (Å²) in [5.74, 6) is 0.0985. The van der Waals surface area contributed by atoms with Crippen molar-refractivity contribution in [1.82, 2.24) is 4.90 Å². The van der Waals surface area contributed by atoms with Gasteiger partial charge in [0.1, 0.15) is 0 Å². The van der Waals surface area contributed by atoms with E-state index in [0.717, 1.165) is 29.8 Å². The van der Waals surface area contributed by atoms with Crippen molar-refractivity contribution in [3.05, 3.63) is 28.2 Å². The molecule has 0 aliphatic carbocycles. The molecule has 1 aliphatic heterocycles. The molecule has 0 radical (unpaired) electrons. The van der Waals surface area contributed by atoms with Crippen molar-refractivity contribution in [2.45, 2.75) is 32.6 Å². The van der Waals surface area contributed by atoms with Crippen LogP contribution in [0, 0.1) is 6.92 Å². The van der Waals surface area contributed by atoms with E-state index in [1.165, 1.54) is 24.8 Å². The fourth-order valence-electron chi connectivity index (χ4n) is 2.34. The van der Waals surface area contributed by atoms with Gasteiger partial charge in [0.05, 0.1) is 0 Å². The zero-order chi connectivity index (χ0) is 13.7. The maximum atomic E-state index is 11.9. The minimum absolute atomic E-state index is 0. The summed E-state index contributed by atoms with van der Waals surface area (Å²) in [7, 11) is 0. The molecule has 20 heavy (non-hydrogen) atoms. The summed E-state index contributed by atoms with van der Waals surface area (Å²) in [5, 5.41) is 2.95. The number of anilines is 1. The summed E-state index contributed by atoms with van der Waals surface area (Å²) >= 11 is 3.48. The zero-order valence-electron chi connectivity index (χ0n) is 11.8. The number of carbonyl (C=O) groups is 1. The minimum Gasteiger partial charge on any atom is -0.326 e. The number of piperidine rings is 1. The number of hydrogen-bond acceptors (Lipinski definition) is 2. The Balaban J connectivity index is 0.00000200. The first kappa shape index (κ1) is 17.5. The van der Waals surface area contributed by atoms with Crippen LogP contribution in [0.1, 0.15) is 31.2 Å². The Morgan fingerprint density at radius 2 is 2.00 bits per heavy atom. The second kappa shape index (κ2) is 8.65. The number of likely N-dealkylation sites (tertiary alicyclic amines) is 1. The minimum atomic E-state index is 0. The van der Waals surface area contributed by atoms with Crippen LogP contribution in [0.5, 0.6) is 0 Å². The third kappa shape index (κ3) is 5.43. The Kier molecular flexibility index (Phi) is 7.56. The molecule has 1 saturated heterocycles. The average Bonchev–Trinajstić information content (AvgIpc) is 2.42. The molecular weight excluding hydrogens is 340 g/mol. The molecule has 2 rings (SSSR count). The van der Waals surface area contributed by atoms with Crippen molar-refractivity contribution in [1.29, 1.82) is 0 Å². The summed E-state index contributed by atoms with van der Waals surface area (Å²) in [4.78, 5) is 14.3. The van der Waals surface area contributed by atoms with Crippen molar-refractivity contribution < 1.29 is 4.79 Å². The number of rotatable bonds is 4. The molecule has 0 bridgehead atoms. The normalized spacial score (nSPS) is 15.5. The molecule has 0 aromatic heterocycles. The van der Waals surface area contributed by atoms with Gasteiger partial charge in [-0.1, -0.05) is 28.4 Å². The summed E-state index contributed by atoms with van der Waals surface area (Å²) in [6.07, 6.45) is 4.45. The lowest BCUT2D eigenvalue weighted by Gasteiger charge is -2.25. The van der Waals surface area contributed by atoms with E-state index in [-0.39, 0.29) is 18.3 Å². The van der Waals surface area contributed by atoms with Gasteiger partial charge in [0.25, 0.3) is 0 Å². The molecule has 0 spiro atoms. The van der Waals surface area contributed by atoms with E-state index in [1.807, 2.05) is 25.1 Å². The molecule has 1 aromatic rings. The fourth-order valence-corrected chi connectivity index (χ4v) is 2.72. The van der Waals surface area contributed by atoms with E-state index in [2.05, 4.69) is 26.1 Å². The van der Waals surface area contributed by atoms with Gasteiger partial charge in [-0.15, -0.1) is 12.4 Å². The van der Waals surface area contributed by atoms with Crippen molar-refractivity contribution in [3.8, 4) is 0 Å². The van der Waals surface area contributed by atoms with Gasteiger partial charge in [0.15, 0.2) is 0 Å². The number of halogens is 2. The molecule has 1 heterocycles. The number of nitrogens with one attached hydrogen (secondary N) is 1. The van der Waals surface area contributed by atoms with E-state index in [0.29, 0.717) is 6.42 Å². The zero-order valence-corrected chi connectivity index (χ0v) is 14.2. The van der Waals surface area contributed by atoms with Gasteiger partial charge in [0, 0.05) is 23.1 Å². The van der Waals surface area contributed by atoms with Crippen LogP contribution in [0.15, 0.2) is 22.7 Å². The molecule has 1 aromatic carbocycles.